The molecule has 0 aliphatic heterocycles. The summed E-state index contributed by atoms with van der Waals surface area (Å²) in [5, 5.41) is 12.0. The fourth-order valence-electron chi connectivity index (χ4n) is 1.91. The maximum absolute atomic E-state index is 13.7. The van der Waals surface area contributed by atoms with Crippen molar-refractivity contribution in [2.24, 2.45) is 0 Å². The number of rotatable bonds is 4. The van der Waals surface area contributed by atoms with Gasteiger partial charge in [0.15, 0.2) is 0 Å². The van der Waals surface area contributed by atoms with Crippen LogP contribution in [0.3, 0.4) is 0 Å². The molecule has 0 aliphatic rings. The third-order valence-electron chi connectivity index (χ3n) is 2.82. The van der Waals surface area contributed by atoms with E-state index in [9.17, 15) is 9.18 Å². The number of carbonyl (C=O) groups is 1. The Bertz CT molecular complexity index is 644. The molecule has 106 valence electrons. The summed E-state index contributed by atoms with van der Waals surface area (Å²) in [5.74, 6) is -1.43. The summed E-state index contributed by atoms with van der Waals surface area (Å²) < 4.78 is 13.7. The quantitative estimate of drug-likeness (QED) is 0.842. The number of halogens is 2. The minimum absolute atomic E-state index is 0. The number of aliphatic carboxylic acids is 1. The van der Waals surface area contributed by atoms with E-state index < -0.39 is 11.8 Å². The Morgan fingerprint density at radius 3 is 2.67 bits per heavy atom. The van der Waals surface area contributed by atoms with Crippen molar-refractivity contribution in [3.8, 4) is 0 Å². The Balaban J connectivity index is 0.00000220. The van der Waals surface area contributed by atoms with E-state index in [1.807, 2.05) is 13.0 Å². The molecule has 2 rings (SSSR count). The van der Waals surface area contributed by atoms with E-state index in [4.69, 9.17) is 16.7 Å². The third-order valence-corrected chi connectivity index (χ3v) is 3.14. The standard InChI is InChI=1S/C15H13ClFNO2.K.H/c1-9-5-6-13(10(7-9)8-14(19)20)18-15-11(16)3-2-4-12(15)17;;/h2-7,18H,8H2,1H3,(H,19,20);;. The van der Waals surface area contributed by atoms with E-state index in [0.29, 0.717) is 11.3 Å². The fourth-order valence-corrected chi connectivity index (χ4v) is 2.12. The van der Waals surface area contributed by atoms with Gasteiger partial charge in [-0.05, 0) is 30.7 Å². The van der Waals surface area contributed by atoms with Crippen molar-refractivity contribution in [3.63, 3.8) is 0 Å². The monoisotopic (exact) mass is 333 g/mol. The van der Waals surface area contributed by atoms with Crippen LogP contribution in [0.2, 0.25) is 5.02 Å². The summed E-state index contributed by atoms with van der Waals surface area (Å²) in [4.78, 5) is 10.9. The number of aryl methyl sites for hydroxylation is 1. The molecule has 0 fully saturated rings. The first kappa shape index (κ1) is 18.6. The van der Waals surface area contributed by atoms with Gasteiger partial charge < -0.3 is 10.4 Å². The van der Waals surface area contributed by atoms with E-state index in [1.165, 1.54) is 12.1 Å². The second-order valence-electron chi connectivity index (χ2n) is 4.45. The molecule has 2 aromatic rings. The third kappa shape index (κ3) is 5.05. The molecular formula is C15H14ClFKNO2. The first-order valence-electron chi connectivity index (χ1n) is 5.99. The normalized spacial score (nSPS) is 9.86. The molecule has 0 heterocycles. The van der Waals surface area contributed by atoms with Crippen molar-refractivity contribution in [3.05, 3.63) is 58.4 Å². The first-order valence-corrected chi connectivity index (χ1v) is 6.37. The van der Waals surface area contributed by atoms with Gasteiger partial charge in [-0.1, -0.05) is 35.4 Å². The summed E-state index contributed by atoms with van der Waals surface area (Å²) in [6, 6.07) is 9.66. The van der Waals surface area contributed by atoms with E-state index >= 15 is 0 Å². The number of hydrogen-bond acceptors (Lipinski definition) is 2. The molecule has 0 saturated carbocycles. The maximum atomic E-state index is 13.7. The van der Waals surface area contributed by atoms with Crippen LogP contribution < -0.4 is 5.32 Å². The molecule has 0 radical (unpaired) electrons. The summed E-state index contributed by atoms with van der Waals surface area (Å²) in [7, 11) is 0. The average Bonchev–Trinajstić information content (AvgIpc) is 2.35. The zero-order valence-corrected chi connectivity index (χ0v) is 11.5. The van der Waals surface area contributed by atoms with Crippen LogP contribution in [-0.2, 0) is 11.2 Å². The molecule has 0 saturated heterocycles. The van der Waals surface area contributed by atoms with Crippen LogP contribution in [0.1, 0.15) is 11.1 Å². The Morgan fingerprint density at radius 2 is 2.05 bits per heavy atom. The van der Waals surface area contributed by atoms with Gasteiger partial charge in [0.05, 0.1) is 17.1 Å². The van der Waals surface area contributed by atoms with Crippen molar-refractivity contribution < 1.29 is 14.3 Å². The van der Waals surface area contributed by atoms with E-state index in [2.05, 4.69) is 5.32 Å². The van der Waals surface area contributed by atoms with Crippen LogP contribution in [0.5, 0.6) is 0 Å². The van der Waals surface area contributed by atoms with Crippen LogP contribution in [0.15, 0.2) is 36.4 Å². The molecular weight excluding hydrogens is 320 g/mol. The molecule has 0 atom stereocenters. The minimum atomic E-state index is -0.946. The van der Waals surface area contributed by atoms with Crippen molar-refractivity contribution in [1.29, 1.82) is 0 Å². The summed E-state index contributed by atoms with van der Waals surface area (Å²) in [6.45, 7) is 1.87. The van der Waals surface area contributed by atoms with Gasteiger partial charge in [0.2, 0.25) is 0 Å². The molecule has 2 N–H and O–H groups in total. The molecule has 0 spiro atoms. The summed E-state index contributed by atoms with van der Waals surface area (Å²) in [5.41, 5.74) is 2.19. The fraction of sp³-hybridized carbons (Fsp3) is 0.133. The van der Waals surface area contributed by atoms with Gasteiger partial charge in [-0.25, -0.2) is 4.39 Å². The Hall–Kier alpha value is -0.434. The second kappa shape index (κ2) is 8.27. The van der Waals surface area contributed by atoms with E-state index in [-0.39, 0.29) is 68.5 Å². The molecule has 0 aliphatic carbocycles. The van der Waals surface area contributed by atoms with Crippen molar-refractivity contribution in [2.45, 2.75) is 13.3 Å². The number of carboxylic acid groups (broad SMARTS) is 1. The SMILES string of the molecule is Cc1ccc(Nc2c(F)cccc2Cl)c(CC(=O)O)c1.[KH]. The zero-order valence-electron chi connectivity index (χ0n) is 10.8. The topological polar surface area (TPSA) is 49.3 Å². The van der Waals surface area contributed by atoms with Gasteiger partial charge in [0.1, 0.15) is 5.82 Å². The van der Waals surface area contributed by atoms with Crippen molar-refractivity contribution in [2.75, 3.05) is 5.32 Å². The summed E-state index contributed by atoms with van der Waals surface area (Å²) in [6.07, 6.45) is -0.143. The number of carboxylic acids is 1. The van der Waals surface area contributed by atoms with Gasteiger partial charge in [0, 0.05) is 5.69 Å². The van der Waals surface area contributed by atoms with Gasteiger partial charge in [-0.15, -0.1) is 0 Å². The van der Waals surface area contributed by atoms with Gasteiger partial charge in [0.25, 0.3) is 0 Å². The predicted octanol–water partition coefficient (Wildman–Crippen LogP) is 3.51. The molecule has 6 heteroatoms. The van der Waals surface area contributed by atoms with Crippen LogP contribution in [0.4, 0.5) is 15.8 Å². The van der Waals surface area contributed by atoms with E-state index in [1.54, 1.807) is 18.2 Å². The molecule has 21 heavy (non-hydrogen) atoms. The van der Waals surface area contributed by atoms with Gasteiger partial charge in [-0.2, -0.15) is 0 Å². The molecule has 0 bridgehead atoms. The van der Waals surface area contributed by atoms with Crippen molar-refractivity contribution >= 4 is 80.3 Å². The second-order valence-corrected chi connectivity index (χ2v) is 4.86. The van der Waals surface area contributed by atoms with Crippen LogP contribution >= 0.6 is 11.6 Å². The van der Waals surface area contributed by atoms with Crippen LogP contribution in [0, 0.1) is 12.7 Å². The predicted molar refractivity (Wildman–Crippen MR) is 84.4 cm³/mol. The molecule has 0 unspecified atom stereocenters. The average molecular weight is 334 g/mol. The Labute approximate surface area is 169 Å². The van der Waals surface area contributed by atoms with Gasteiger partial charge in [-0.3, -0.25) is 4.79 Å². The van der Waals surface area contributed by atoms with E-state index in [0.717, 1.165) is 5.56 Å². The number of para-hydroxylation sites is 1. The Morgan fingerprint density at radius 1 is 1.33 bits per heavy atom. The molecule has 0 aromatic heterocycles. The number of benzene rings is 2. The van der Waals surface area contributed by atoms with Crippen LogP contribution in [0.25, 0.3) is 0 Å². The van der Waals surface area contributed by atoms with Crippen molar-refractivity contribution in [1.82, 2.24) is 0 Å². The molecule has 3 nitrogen and oxygen atoms in total. The summed E-state index contributed by atoms with van der Waals surface area (Å²) >= 11 is 5.95. The number of nitrogens with one attached hydrogen (secondary N) is 1. The molecule has 0 amide bonds. The van der Waals surface area contributed by atoms with Gasteiger partial charge >= 0.3 is 57.4 Å². The zero-order chi connectivity index (χ0) is 14.7. The van der Waals surface area contributed by atoms with Crippen LogP contribution in [-0.4, -0.2) is 62.5 Å². The molecule has 2 aromatic carbocycles. The number of hydrogen-bond donors (Lipinski definition) is 2. The first-order chi connectivity index (χ1) is 9.47. The number of anilines is 2. The Kier molecular flexibility index (Phi) is 7.33.